The molecule has 1 aliphatic carbocycles. The van der Waals surface area contributed by atoms with Crippen molar-refractivity contribution in [2.45, 2.75) is 90.7 Å². The Morgan fingerprint density at radius 3 is 2.50 bits per heavy atom. The van der Waals surface area contributed by atoms with E-state index in [4.69, 9.17) is 13.6 Å². The van der Waals surface area contributed by atoms with Gasteiger partial charge in [-0.05, 0) is 92.7 Å². The van der Waals surface area contributed by atoms with Gasteiger partial charge in [0.05, 0.1) is 6.61 Å². The second kappa shape index (κ2) is 8.65. The van der Waals surface area contributed by atoms with E-state index in [0.29, 0.717) is 5.76 Å². The van der Waals surface area contributed by atoms with E-state index in [2.05, 4.69) is 39.8 Å². The molecule has 2 aromatic heterocycles. The Kier molecular flexibility index (Phi) is 6.06. The fourth-order valence-electron chi connectivity index (χ4n) is 5.17. The highest BCUT2D eigenvalue weighted by atomic mass is 32.1. The van der Waals surface area contributed by atoms with Crippen molar-refractivity contribution in [1.29, 1.82) is 0 Å². The standard InChI is InChI=1S/C28H34O4SSi/c1-16-17-11-9-15-30-20(17)14-13-18(16)23-22-19-10-7-8-12-21(19)33-24(22)26(29)31-25(23)28(5,6)32-34-27(2,3)4/h13-14H,7-12,15H2,1-6H3. The van der Waals surface area contributed by atoms with Crippen molar-refractivity contribution in [1.82, 2.24) is 0 Å². The topological polar surface area (TPSA) is 48.7 Å². The Balaban J connectivity index is 1.81. The number of ether oxygens (including phenoxy) is 1. The van der Waals surface area contributed by atoms with Gasteiger partial charge < -0.3 is 13.6 Å². The maximum absolute atomic E-state index is 13.3. The van der Waals surface area contributed by atoms with Gasteiger partial charge in [-0.25, -0.2) is 4.79 Å². The van der Waals surface area contributed by atoms with Crippen LogP contribution in [0.15, 0.2) is 21.3 Å². The molecule has 0 unspecified atom stereocenters. The molecule has 34 heavy (non-hydrogen) atoms. The molecule has 6 heteroatoms. The Hall–Kier alpha value is -1.89. The lowest BCUT2D eigenvalue weighted by molar-refractivity contribution is 0.0805. The van der Waals surface area contributed by atoms with Crippen molar-refractivity contribution in [3.8, 4) is 16.9 Å². The van der Waals surface area contributed by atoms with E-state index >= 15 is 0 Å². The van der Waals surface area contributed by atoms with Gasteiger partial charge in [-0.3, -0.25) is 0 Å². The molecule has 3 heterocycles. The third kappa shape index (κ3) is 4.18. The quantitative estimate of drug-likeness (QED) is 0.362. The molecule has 0 bridgehead atoms. The van der Waals surface area contributed by atoms with Gasteiger partial charge in [0.15, 0.2) is 0 Å². The minimum atomic E-state index is -0.739. The lowest BCUT2D eigenvalue weighted by Gasteiger charge is -2.31. The fourth-order valence-corrected chi connectivity index (χ4v) is 7.09. The van der Waals surface area contributed by atoms with E-state index in [-0.39, 0.29) is 20.4 Å². The molecule has 2 radical (unpaired) electrons. The minimum absolute atomic E-state index is 0.0302. The predicted octanol–water partition coefficient (Wildman–Crippen LogP) is 7.12. The first kappa shape index (κ1) is 23.8. The molecule has 5 rings (SSSR count). The summed E-state index contributed by atoms with van der Waals surface area (Å²) < 4.78 is 19.4. The third-order valence-electron chi connectivity index (χ3n) is 6.84. The van der Waals surface area contributed by atoms with Crippen LogP contribution in [0.2, 0.25) is 5.04 Å². The Morgan fingerprint density at radius 1 is 1.00 bits per heavy atom. The van der Waals surface area contributed by atoms with Crippen molar-refractivity contribution in [3.63, 3.8) is 0 Å². The highest BCUT2D eigenvalue weighted by Gasteiger charge is 2.35. The molecule has 4 nitrogen and oxygen atoms in total. The lowest BCUT2D eigenvalue weighted by atomic mass is 9.85. The van der Waals surface area contributed by atoms with E-state index in [1.165, 1.54) is 28.0 Å². The van der Waals surface area contributed by atoms with Crippen LogP contribution in [0, 0.1) is 6.92 Å². The number of benzene rings is 1. The van der Waals surface area contributed by atoms with E-state index in [0.717, 1.165) is 65.7 Å². The van der Waals surface area contributed by atoms with Gasteiger partial charge >= 0.3 is 5.63 Å². The molecule has 0 saturated carbocycles. The van der Waals surface area contributed by atoms with Gasteiger partial charge in [-0.1, -0.05) is 26.8 Å². The van der Waals surface area contributed by atoms with Crippen molar-refractivity contribution < 1.29 is 13.6 Å². The second-order valence-electron chi connectivity index (χ2n) is 11.1. The van der Waals surface area contributed by atoms with Crippen LogP contribution in [-0.2, 0) is 29.3 Å². The number of fused-ring (bicyclic) bond motifs is 4. The number of hydrogen-bond acceptors (Lipinski definition) is 5. The van der Waals surface area contributed by atoms with Gasteiger partial charge in [-0.15, -0.1) is 11.3 Å². The molecule has 0 N–H and O–H groups in total. The fraction of sp³-hybridized carbons (Fsp3) is 0.536. The highest BCUT2D eigenvalue weighted by molar-refractivity contribution is 7.19. The molecule has 1 aromatic carbocycles. The third-order valence-corrected chi connectivity index (χ3v) is 9.34. The summed E-state index contributed by atoms with van der Waals surface area (Å²) in [5.74, 6) is 1.63. The molecule has 0 amide bonds. The van der Waals surface area contributed by atoms with E-state index in [1.54, 1.807) is 11.3 Å². The van der Waals surface area contributed by atoms with Gasteiger partial charge in [0.25, 0.3) is 0 Å². The van der Waals surface area contributed by atoms with Crippen LogP contribution in [0.1, 0.15) is 81.2 Å². The molecule has 2 aliphatic rings. The summed E-state index contributed by atoms with van der Waals surface area (Å²) in [6.07, 6.45) is 6.45. The molecule has 1 aliphatic heterocycles. The predicted molar refractivity (Wildman–Crippen MR) is 141 cm³/mol. The molecule has 0 spiro atoms. The number of rotatable bonds is 4. The van der Waals surface area contributed by atoms with Crippen LogP contribution in [0.3, 0.4) is 0 Å². The molecule has 0 saturated heterocycles. The first-order valence-electron chi connectivity index (χ1n) is 12.4. The van der Waals surface area contributed by atoms with E-state index in [9.17, 15) is 4.79 Å². The van der Waals surface area contributed by atoms with Crippen molar-refractivity contribution in [3.05, 3.63) is 49.9 Å². The Labute approximate surface area is 208 Å². The van der Waals surface area contributed by atoms with Crippen LogP contribution in [0.4, 0.5) is 0 Å². The average molecular weight is 495 g/mol. The maximum Gasteiger partial charge on any atom is 0.354 e. The first-order chi connectivity index (χ1) is 16.1. The summed E-state index contributed by atoms with van der Waals surface area (Å²) in [6.45, 7) is 13.5. The van der Waals surface area contributed by atoms with Crippen LogP contribution in [0.5, 0.6) is 5.75 Å². The molecular weight excluding hydrogens is 460 g/mol. The smallest absolute Gasteiger partial charge is 0.354 e. The maximum atomic E-state index is 13.3. The SMILES string of the molecule is Cc1c(-c2c(C(C)(C)O[Si]C(C)(C)C)oc(=O)c3sc4c(c23)CCCC4)ccc2c1CCCO2. The van der Waals surface area contributed by atoms with E-state index < -0.39 is 5.60 Å². The second-order valence-corrected chi connectivity index (χ2v) is 14.2. The van der Waals surface area contributed by atoms with E-state index in [1.807, 2.05) is 13.8 Å². The van der Waals surface area contributed by atoms with Gasteiger partial charge in [0.2, 0.25) is 9.76 Å². The summed E-state index contributed by atoms with van der Waals surface area (Å²) >= 11 is 1.64. The number of aryl methyl sites for hydroxylation is 2. The Morgan fingerprint density at radius 2 is 1.74 bits per heavy atom. The van der Waals surface area contributed by atoms with Gasteiger partial charge in [-0.2, -0.15) is 0 Å². The summed E-state index contributed by atoms with van der Waals surface area (Å²) in [6, 6.07) is 4.26. The summed E-state index contributed by atoms with van der Waals surface area (Å²) in [5, 5.41) is 1.13. The minimum Gasteiger partial charge on any atom is -0.493 e. The van der Waals surface area contributed by atoms with Crippen LogP contribution < -0.4 is 10.4 Å². The van der Waals surface area contributed by atoms with Gasteiger partial charge in [0, 0.05) is 15.8 Å². The average Bonchev–Trinajstić information content (AvgIpc) is 3.19. The van der Waals surface area contributed by atoms with Crippen LogP contribution in [0.25, 0.3) is 21.2 Å². The molecule has 0 fully saturated rings. The summed E-state index contributed by atoms with van der Waals surface area (Å²) in [5.41, 5.74) is 5.04. The zero-order valence-electron chi connectivity index (χ0n) is 21.1. The zero-order valence-corrected chi connectivity index (χ0v) is 23.0. The normalized spacial score (nSPS) is 16.3. The number of hydrogen-bond donors (Lipinski definition) is 0. The summed E-state index contributed by atoms with van der Waals surface area (Å²) in [7, 11) is 0.283. The zero-order chi connectivity index (χ0) is 24.3. The first-order valence-corrected chi connectivity index (χ1v) is 14.1. The van der Waals surface area contributed by atoms with Crippen LogP contribution >= 0.6 is 11.3 Å². The Bertz CT molecular complexity index is 1310. The largest absolute Gasteiger partial charge is 0.493 e. The molecule has 3 aromatic rings. The van der Waals surface area contributed by atoms with Crippen molar-refractivity contribution in [2.24, 2.45) is 0 Å². The lowest BCUT2D eigenvalue weighted by Crippen LogP contribution is -2.29. The van der Waals surface area contributed by atoms with Crippen molar-refractivity contribution in [2.75, 3.05) is 6.61 Å². The molecular formula is C28H34O4SSi. The molecule has 0 atom stereocenters. The monoisotopic (exact) mass is 494 g/mol. The van der Waals surface area contributed by atoms with Gasteiger partial charge in [0.1, 0.15) is 21.8 Å². The number of thiophene rings is 1. The highest BCUT2D eigenvalue weighted by Crippen LogP contribution is 2.47. The summed E-state index contributed by atoms with van der Waals surface area (Å²) in [4.78, 5) is 14.7. The van der Waals surface area contributed by atoms with Crippen molar-refractivity contribution >= 4 is 31.2 Å². The van der Waals surface area contributed by atoms with Crippen LogP contribution in [-0.4, -0.2) is 16.4 Å². The molecule has 180 valence electrons.